The van der Waals surface area contributed by atoms with Crippen molar-refractivity contribution in [2.45, 2.75) is 25.9 Å². The molecule has 3 nitrogen and oxygen atoms in total. The van der Waals surface area contributed by atoms with Crippen molar-refractivity contribution in [3.8, 4) is 0 Å². The molecule has 2 rings (SSSR count). The van der Waals surface area contributed by atoms with E-state index in [-0.39, 0.29) is 0 Å². The van der Waals surface area contributed by atoms with Crippen LogP contribution in [0.3, 0.4) is 0 Å². The Morgan fingerprint density at radius 2 is 2.25 bits per heavy atom. The summed E-state index contributed by atoms with van der Waals surface area (Å²) in [6.07, 6.45) is -0.959. The van der Waals surface area contributed by atoms with Crippen LogP contribution in [0.1, 0.15) is 25.3 Å². The molecule has 0 radical (unpaired) electrons. The van der Waals surface area contributed by atoms with E-state index in [0.717, 1.165) is 51.2 Å². The first-order chi connectivity index (χ1) is 9.50. The van der Waals surface area contributed by atoms with Gasteiger partial charge in [0.05, 0.1) is 5.56 Å². The van der Waals surface area contributed by atoms with Crippen molar-refractivity contribution in [3.63, 3.8) is 0 Å². The van der Waals surface area contributed by atoms with E-state index in [1.165, 1.54) is 6.20 Å². The average Bonchev–Trinajstić information content (AvgIpc) is 2.45. The Kier molecular flexibility index (Phi) is 4.86. The molecule has 6 heteroatoms. The molecule has 0 aromatic carbocycles. The summed E-state index contributed by atoms with van der Waals surface area (Å²) in [5, 5.41) is 3.30. The van der Waals surface area contributed by atoms with Gasteiger partial charge in [0, 0.05) is 19.3 Å². The summed E-state index contributed by atoms with van der Waals surface area (Å²) in [6, 6.07) is 2.17. The van der Waals surface area contributed by atoms with Gasteiger partial charge in [0.1, 0.15) is 5.82 Å². The highest BCUT2D eigenvalue weighted by molar-refractivity contribution is 5.42. The summed E-state index contributed by atoms with van der Waals surface area (Å²) in [5.41, 5.74) is -0.628. The zero-order valence-corrected chi connectivity index (χ0v) is 11.6. The van der Waals surface area contributed by atoms with Crippen molar-refractivity contribution in [2.75, 3.05) is 31.1 Å². The number of rotatable bonds is 4. The first-order valence-corrected chi connectivity index (χ1v) is 6.99. The van der Waals surface area contributed by atoms with Crippen molar-refractivity contribution in [1.82, 2.24) is 10.3 Å². The lowest BCUT2D eigenvalue weighted by atomic mass is 9.98. The number of aromatic nitrogens is 1. The standard InChI is InChI=1S/C14H20F3N3/c1-2-18-9-11-4-3-7-20(10-11)13-8-12(5-6-19-13)14(15,16)17/h5-6,8,11,18H,2-4,7,9-10H2,1H3. The van der Waals surface area contributed by atoms with Crippen LogP contribution in [0.15, 0.2) is 18.3 Å². The third kappa shape index (κ3) is 3.85. The molecule has 0 aliphatic carbocycles. The van der Waals surface area contributed by atoms with Gasteiger partial charge in [-0.25, -0.2) is 4.98 Å². The predicted molar refractivity (Wildman–Crippen MR) is 72.7 cm³/mol. The normalized spacial score (nSPS) is 20.2. The summed E-state index contributed by atoms with van der Waals surface area (Å²) < 4.78 is 38.2. The van der Waals surface area contributed by atoms with E-state index in [0.29, 0.717) is 11.7 Å². The molecule has 1 aliphatic heterocycles. The van der Waals surface area contributed by atoms with Crippen LogP contribution in [0.5, 0.6) is 0 Å². The van der Waals surface area contributed by atoms with Crippen LogP contribution >= 0.6 is 0 Å². The minimum absolute atomic E-state index is 0.432. The van der Waals surface area contributed by atoms with E-state index < -0.39 is 11.7 Å². The van der Waals surface area contributed by atoms with E-state index in [4.69, 9.17) is 0 Å². The van der Waals surface area contributed by atoms with Crippen LogP contribution in [-0.4, -0.2) is 31.2 Å². The molecule has 2 heterocycles. The summed E-state index contributed by atoms with van der Waals surface area (Å²) in [6.45, 7) is 5.41. The lowest BCUT2D eigenvalue weighted by Gasteiger charge is -2.34. The maximum absolute atomic E-state index is 12.7. The summed E-state index contributed by atoms with van der Waals surface area (Å²) in [5.74, 6) is 0.904. The van der Waals surface area contributed by atoms with E-state index in [1.807, 2.05) is 4.90 Å². The number of pyridine rings is 1. The topological polar surface area (TPSA) is 28.2 Å². The fourth-order valence-corrected chi connectivity index (χ4v) is 2.56. The zero-order valence-electron chi connectivity index (χ0n) is 11.6. The van der Waals surface area contributed by atoms with Crippen LogP contribution < -0.4 is 10.2 Å². The Balaban J connectivity index is 2.07. The van der Waals surface area contributed by atoms with Crippen molar-refractivity contribution in [3.05, 3.63) is 23.9 Å². The van der Waals surface area contributed by atoms with Gasteiger partial charge in [0.15, 0.2) is 0 Å². The predicted octanol–water partition coefficient (Wildman–Crippen LogP) is 2.93. The van der Waals surface area contributed by atoms with Gasteiger partial charge in [-0.15, -0.1) is 0 Å². The molecule has 1 aromatic rings. The highest BCUT2D eigenvalue weighted by atomic mass is 19.4. The summed E-state index contributed by atoms with van der Waals surface area (Å²) in [7, 11) is 0. The number of nitrogens with zero attached hydrogens (tertiary/aromatic N) is 2. The second kappa shape index (κ2) is 6.43. The molecule has 0 saturated carbocycles. The van der Waals surface area contributed by atoms with E-state index in [9.17, 15) is 13.2 Å². The van der Waals surface area contributed by atoms with Crippen molar-refractivity contribution in [1.29, 1.82) is 0 Å². The van der Waals surface area contributed by atoms with Gasteiger partial charge in [0.2, 0.25) is 0 Å². The largest absolute Gasteiger partial charge is 0.416 e. The maximum Gasteiger partial charge on any atom is 0.416 e. The smallest absolute Gasteiger partial charge is 0.356 e. The molecular weight excluding hydrogens is 267 g/mol. The fourth-order valence-electron chi connectivity index (χ4n) is 2.56. The number of nitrogens with one attached hydrogen (secondary N) is 1. The van der Waals surface area contributed by atoms with Gasteiger partial charge in [0.25, 0.3) is 0 Å². The highest BCUT2D eigenvalue weighted by Gasteiger charge is 2.31. The highest BCUT2D eigenvalue weighted by Crippen LogP contribution is 2.31. The van der Waals surface area contributed by atoms with Crippen molar-refractivity contribution in [2.24, 2.45) is 5.92 Å². The molecule has 1 N–H and O–H groups in total. The number of hydrogen-bond acceptors (Lipinski definition) is 3. The number of piperidine rings is 1. The van der Waals surface area contributed by atoms with Gasteiger partial charge in [-0.2, -0.15) is 13.2 Å². The van der Waals surface area contributed by atoms with Gasteiger partial charge in [-0.1, -0.05) is 6.92 Å². The molecule has 0 spiro atoms. The van der Waals surface area contributed by atoms with Gasteiger partial charge < -0.3 is 10.2 Å². The first-order valence-electron chi connectivity index (χ1n) is 6.99. The van der Waals surface area contributed by atoms with Crippen LogP contribution in [0.25, 0.3) is 0 Å². The molecule has 0 bridgehead atoms. The summed E-state index contributed by atoms with van der Waals surface area (Å²) >= 11 is 0. The molecule has 1 aliphatic rings. The number of anilines is 1. The van der Waals surface area contributed by atoms with Crippen molar-refractivity contribution >= 4 is 5.82 Å². The molecule has 1 unspecified atom stereocenters. The molecule has 1 fully saturated rings. The van der Waals surface area contributed by atoms with Gasteiger partial charge in [-0.3, -0.25) is 0 Å². The third-order valence-electron chi connectivity index (χ3n) is 3.60. The molecule has 112 valence electrons. The van der Waals surface area contributed by atoms with Crippen LogP contribution in [0.4, 0.5) is 19.0 Å². The lowest BCUT2D eigenvalue weighted by molar-refractivity contribution is -0.137. The van der Waals surface area contributed by atoms with E-state index in [2.05, 4.69) is 17.2 Å². The Labute approximate surface area is 117 Å². The number of hydrogen-bond donors (Lipinski definition) is 1. The average molecular weight is 287 g/mol. The Hall–Kier alpha value is -1.30. The Morgan fingerprint density at radius 1 is 1.45 bits per heavy atom. The monoisotopic (exact) mass is 287 g/mol. The van der Waals surface area contributed by atoms with Crippen molar-refractivity contribution < 1.29 is 13.2 Å². The molecular formula is C14H20F3N3. The fraction of sp³-hybridized carbons (Fsp3) is 0.643. The first kappa shape index (κ1) is 15.1. The number of halogens is 3. The molecule has 1 aromatic heterocycles. The van der Waals surface area contributed by atoms with Gasteiger partial charge in [-0.05, 0) is 44.0 Å². The summed E-state index contributed by atoms with van der Waals surface area (Å²) in [4.78, 5) is 6.06. The van der Waals surface area contributed by atoms with E-state index in [1.54, 1.807) is 0 Å². The molecule has 1 atom stereocenters. The molecule has 0 amide bonds. The van der Waals surface area contributed by atoms with Crippen LogP contribution in [-0.2, 0) is 6.18 Å². The van der Waals surface area contributed by atoms with Crippen LogP contribution in [0, 0.1) is 5.92 Å². The maximum atomic E-state index is 12.7. The SMILES string of the molecule is CCNCC1CCCN(c2cc(C(F)(F)F)ccn2)C1. The van der Waals surface area contributed by atoms with Crippen LogP contribution in [0.2, 0.25) is 0 Å². The van der Waals surface area contributed by atoms with E-state index >= 15 is 0 Å². The third-order valence-corrected chi connectivity index (χ3v) is 3.60. The lowest BCUT2D eigenvalue weighted by Crippen LogP contribution is -2.40. The second-order valence-electron chi connectivity index (χ2n) is 5.16. The Morgan fingerprint density at radius 3 is 2.95 bits per heavy atom. The minimum atomic E-state index is -4.31. The molecule has 20 heavy (non-hydrogen) atoms. The number of alkyl halides is 3. The van der Waals surface area contributed by atoms with Gasteiger partial charge >= 0.3 is 6.18 Å². The molecule has 1 saturated heterocycles. The minimum Gasteiger partial charge on any atom is -0.356 e. The Bertz CT molecular complexity index is 434. The second-order valence-corrected chi connectivity index (χ2v) is 5.16. The zero-order chi connectivity index (χ0) is 14.6. The quantitative estimate of drug-likeness (QED) is 0.923.